The maximum atomic E-state index is 12.1. The van der Waals surface area contributed by atoms with Crippen LogP contribution in [0, 0.1) is 17.3 Å². The Morgan fingerprint density at radius 3 is 2.56 bits per heavy atom. The summed E-state index contributed by atoms with van der Waals surface area (Å²) in [4.78, 5) is 12.1. The molecule has 0 aromatic heterocycles. The van der Waals surface area contributed by atoms with Crippen molar-refractivity contribution in [2.75, 3.05) is 6.54 Å². The first kappa shape index (κ1) is 11.9. The van der Waals surface area contributed by atoms with Crippen LogP contribution in [0.2, 0.25) is 0 Å². The number of hydrogen-bond donors (Lipinski definition) is 2. The molecule has 3 N–H and O–H groups in total. The molecule has 2 saturated carbocycles. The molecule has 0 aliphatic heterocycles. The Labute approximate surface area is 98.2 Å². The molecule has 3 unspecified atom stereocenters. The van der Waals surface area contributed by atoms with Crippen molar-refractivity contribution in [2.24, 2.45) is 23.0 Å². The Kier molecular flexibility index (Phi) is 3.24. The van der Waals surface area contributed by atoms with Crippen LogP contribution in [-0.4, -0.2) is 18.5 Å². The Bertz CT molecular complexity index is 273. The molecule has 3 heteroatoms. The molecule has 0 heterocycles. The lowest BCUT2D eigenvalue weighted by atomic mass is 9.79. The van der Waals surface area contributed by atoms with Crippen molar-refractivity contribution in [3.8, 4) is 0 Å². The zero-order valence-corrected chi connectivity index (χ0v) is 10.5. The average molecular weight is 224 g/mol. The normalized spacial score (nSPS) is 36.8. The first-order chi connectivity index (χ1) is 7.57. The van der Waals surface area contributed by atoms with Crippen molar-refractivity contribution in [2.45, 2.75) is 52.0 Å². The summed E-state index contributed by atoms with van der Waals surface area (Å²) in [5.74, 6) is 1.63. The van der Waals surface area contributed by atoms with Gasteiger partial charge in [0.05, 0.1) is 5.41 Å². The van der Waals surface area contributed by atoms with Gasteiger partial charge in [-0.25, -0.2) is 0 Å². The number of nitrogens with two attached hydrogens (primary N) is 1. The number of carbonyl (C=O) groups is 1. The lowest BCUT2D eigenvalue weighted by Crippen LogP contribution is -2.47. The first-order valence-corrected chi connectivity index (χ1v) is 6.58. The van der Waals surface area contributed by atoms with Crippen molar-refractivity contribution >= 4 is 5.91 Å². The van der Waals surface area contributed by atoms with Crippen LogP contribution in [0.3, 0.4) is 0 Å². The summed E-state index contributed by atoms with van der Waals surface area (Å²) < 4.78 is 0. The molecule has 2 aliphatic carbocycles. The van der Waals surface area contributed by atoms with Gasteiger partial charge in [-0.2, -0.15) is 0 Å². The van der Waals surface area contributed by atoms with Crippen LogP contribution in [0.15, 0.2) is 0 Å². The minimum absolute atomic E-state index is 0.192. The van der Waals surface area contributed by atoms with E-state index < -0.39 is 0 Å². The molecule has 1 amide bonds. The van der Waals surface area contributed by atoms with Crippen LogP contribution >= 0.6 is 0 Å². The fourth-order valence-electron chi connectivity index (χ4n) is 2.88. The maximum absolute atomic E-state index is 12.1. The van der Waals surface area contributed by atoms with Gasteiger partial charge in [-0.1, -0.05) is 13.8 Å². The second kappa shape index (κ2) is 4.36. The monoisotopic (exact) mass is 224 g/mol. The van der Waals surface area contributed by atoms with E-state index in [-0.39, 0.29) is 11.3 Å². The van der Waals surface area contributed by atoms with Crippen LogP contribution in [0.1, 0.15) is 46.0 Å². The fourth-order valence-corrected chi connectivity index (χ4v) is 2.88. The minimum Gasteiger partial charge on any atom is -0.353 e. The molecule has 2 rings (SSSR count). The topological polar surface area (TPSA) is 55.1 Å². The van der Waals surface area contributed by atoms with Crippen LogP contribution in [0.4, 0.5) is 0 Å². The molecule has 16 heavy (non-hydrogen) atoms. The van der Waals surface area contributed by atoms with E-state index in [2.05, 4.69) is 19.2 Å². The van der Waals surface area contributed by atoms with Crippen molar-refractivity contribution in [3.63, 3.8) is 0 Å². The lowest BCUT2D eigenvalue weighted by molar-refractivity contribution is -0.127. The Morgan fingerprint density at radius 2 is 2.06 bits per heavy atom. The van der Waals surface area contributed by atoms with Crippen LogP contribution < -0.4 is 11.1 Å². The van der Waals surface area contributed by atoms with Gasteiger partial charge in [0.25, 0.3) is 0 Å². The second-order valence-electron chi connectivity index (χ2n) is 5.96. The zero-order chi connectivity index (χ0) is 11.8. The molecule has 0 radical (unpaired) electrons. The Morgan fingerprint density at radius 1 is 1.38 bits per heavy atom. The average Bonchev–Trinajstić information content (AvgIpc) is 3.03. The second-order valence-corrected chi connectivity index (χ2v) is 5.96. The number of nitrogens with one attached hydrogen (secondary N) is 1. The van der Waals surface area contributed by atoms with E-state index in [1.807, 2.05) is 0 Å². The van der Waals surface area contributed by atoms with Crippen molar-refractivity contribution < 1.29 is 4.79 Å². The van der Waals surface area contributed by atoms with Gasteiger partial charge in [0, 0.05) is 12.6 Å². The van der Waals surface area contributed by atoms with E-state index in [0.717, 1.165) is 25.2 Å². The van der Waals surface area contributed by atoms with E-state index in [4.69, 9.17) is 5.73 Å². The summed E-state index contributed by atoms with van der Waals surface area (Å²) in [5.41, 5.74) is 5.48. The molecule has 2 fully saturated rings. The molecular formula is C13H24N2O. The lowest BCUT2D eigenvalue weighted by Gasteiger charge is -2.34. The van der Waals surface area contributed by atoms with E-state index >= 15 is 0 Å². The number of amides is 1. The molecule has 0 aromatic carbocycles. The molecule has 0 spiro atoms. The summed E-state index contributed by atoms with van der Waals surface area (Å²) in [6, 6.07) is 0.382. The standard InChI is InChI=1S/C13H24N2O/c1-9-3-4-11(10(2)7-9)15-12(16)13(8-14)5-6-13/h9-11H,3-8,14H2,1-2H3,(H,15,16). The third-order valence-electron chi connectivity index (χ3n) is 4.47. The summed E-state index contributed by atoms with van der Waals surface area (Å²) in [7, 11) is 0. The Hall–Kier alpha value is -0.570. The molecule has 2 aliphatic rings. The molecule has 0 saturated heterocycles. The SMILES string of the molecule is CC1CCC(NC(=O)C2(CN)CC2)C(C)C1. The minimum atomic E-state index is -0.192. The maximum Gasteiger partial charge on any atom is 0.227 e. The highest BCUT2D eigenvalue weighted by Gasteiger charge is 2.49. The zero-order valence-electron chi connectivity index (χ0n) is 10.5. The summed E-state index contributed by atoms with van der Waals surface area (Å²) in [5, 5.41) is 3.22. The van der Waals surface area contributed by atoms with Crippen molar-refractivity contribution in [1.82, 2.24) is 5.32 Å². The number of carbonyl (C=O) groups excluding carboxylic acids is 1. The van der Waals surface area contributed by atoms with E-state index in [9.17, 15) is 4.79 Å². The van der Waals surface area contributed by atoms with E-state index in [1.165, 1.54) is 12.8 Å². The van der Waals surface area contributed by atoms with Gasteiger partial charge in [0.15, 0.2) is 0 Å². The molecule has 0 bridgehead atoms. The Balaban J connectivity index is 1.87. The molecular weight excluding hydrogens is 200 g/mol. The van der Waals surface area contributed by atoms with Crippen molar-refractivity contribution in [3.05, 3.63) is 0 Å². The highest BCUT2D eigenvalue weighted by Crippen LogP contribution is 2.45. The molecule has 3 atom stereocenters. The molecule has 0 aromatic rings. The van der Waals surface area contributed by atoms with Crippen LogP contribution in [-0.2, 0) is 4.79 Å². The molecule has 3 nitrogen and oxygen atoms in total. The quantitative estimate of drug-likeness (QED) is 0.766. The predicted octanol–water partition coefficient (Wildman–Crippen LogP) is 1.67. The number of hydrogen-bond acceptors (Lipinski definition) is 2. The number of rotatable bonds is 3. The predicted molar refractivity (Wildman–Crippen MR) is 64.8 cm³/mol. The first-order valence-electron chi connectivity index (χ1n) is 6.58. The van der Waals surface area contributed by atoms with E-state index in [0.29, 0.717) is 18.5 Å². The third kappa shape index (κ3) is 2.24. The third-order valence-corrected chi connectivity index (χ3v) is 4.47. The smallest absolute Gasteiger partial charge is 0.227 e. The van der Waals surface area contributed by atoms with Crippen LogP contribution in [0.25, 0.3) is 0 Å². The summed E-state index contributed by atoms with van der Waals surface area (Å²) in [6.45, 7) is 5.07. The van der Waals surface area contributed by atoms with Gasteiger partial charge in [-0.05, 0) is 43.9 Å². The van der Waals surface area contributed by atoms with Crippen molar-refractivity contribution in [1.29, 1.82) is 0 Å². The summed E-state index contributed by atoms with van der Waals surface area (Å²) >= 11 is 0. The van der Waals surface area contributed by atoms with Gasteiger partial charge in [-0.15, -0.1) is 0 Å². The van der Waals surface area contributed by atoms with Crippen LogP contribution in [0.5, 0.6) is 0 Å². The van der Waals surface area contributed by atoms with E-state index in [1.54, 1.807) is 0 Å². The molecule has 92 valence electrons. The highest BCUT2D eigenvalue weighted by atomic mass is 16.2. The fraction of sp³-hybridized carbons (Fsp3) is 0.923. The van der Waals surface area contributed by atoms with Gasteiger partial charge in [-0.3, -0.25) is 4.79 Å². The van der Waals surface area contributed by atoms with Gasteiger partial charge in [0.1, 0.15) is 0 Å². The largest absolute Gasteiger partial charge is 0.353 e. The van der Waals surface area contributed by atoms with Gasteiger partial charge >= 0.3 is 0 Å². The van der Waals surface area contributed by atoms with Gasteiger partial charge in [0.2, 0.25) is 5.91 Å². The summed E-state index contributed by atoms with van der Waals surface area (Å²) in [6.07, 6.45) is 5.57. The highest BCUT2D eigenvalue weighted by molar-refractivity contribution is 5.85. The van der Waals surface area contributed by atoms with Gasteiger partial charge < -0.3 is 11.1 Å².